The number of amides is 1. The third kappa shape index (κ3) is 3.00. The number of nitrogens with one attached hydrogen (secondary N) is 1. The van der Waals surface area contributed by atoms with E-state index in [2.05, 4.69) is 15.3 Å². The lowest BCUT2D eigenvalue weighted by Crippen LogP contribution is -2.15. The zero-order chi connectivity index (χ0) is 19.3. The van der Waals surface area contributed by atoms with Crippen molar-refractivity contribution < 1.29 is 18.3 Å². The number of anilines is 2. The zero-order valence-electron chi connectivity index (χ0n) is 14.6. The second-order valence-electron chi connectivity index (χ2n) is 5.78. The van der Waals surface area contributed by atoms with E-state index in [1.807, 2.05) is 23.7 Å². The van der Waals surface area contributed by atoms with E-state index in [4.69, 9.17) is 10.5 Å². The van der Waals surface area contributed by atoms with Gasteiger partial charge < -0.3 is 20.4 Å². The number of benzene rings is 2. The quantitative estimate of drug-likeness (QED) is 0.519. The minimum atomic E-state index is -1.36. The lowest BCUT2D eigenvalue weighted by molar-refractivity contribution is 0.0995. The molecule has 28 heavy (non-hydrogen) atoms. The van der Waals surface area contributed by atoms with Gasteiger partial charge in [0.1, 0.15) is 11.0 Å². The number of aromatic nitrogens is 3. The van der Waals surface area contributed by atoms with Crippen LogP contribution in [0, 0.1) is 11.6 Å². The van der Waals surface area contributed by atoms with Crippen LogP contribution in [0.1, 0.15) is 10.4 Å². The molecule has 0 aliphatic rings. The van der Waals surface area contributed by atoms with Crippen LogP contribution in [0.2, 0.25) is 0 Å². The molecule has 7 nitrogen and oxygen atoms in total. The molecule has 2 aromatic carbocycles. The fourth-order valence-electron chi connectivity index (χ4n) is 2.84. The van der Waals surface area contributed by atoms with Crippen molar-refractivity contribution in [3.63, 3.8) is 0 Å². The molecule has 2 aromatic heterocycles. The summed E-state index contributed by atoms with van der Waals surface area (Å²) >= 11 is 1.30. The number of primary amides is 1. The second-order valence-corrected chi connectivity index (χ2v) is 6.81. The van der Waals surface area contributed by atoms with E-state index in [1.165, 1.54) is 18.4 Å². The number of carbonyl (C=O) groups is 1. The van der Waals surface area contributed by atoms with Crippen LogP contribution in [-0.4, -0.2) is 27.6 Å². The molecule has 1 amide bonds. The molecule has 0 saturated heterocycles. The standard InChI is InChI=1S/C17H13F2N5O2S.ClH/c1-24-6-21-13-9(24)3-4-10-14(13)23-17(27-10)22-8-5-7(16(20)25)11(18)12(19)15(8)26-2;/h3-6H,1-2H3,(H2,20,25)(H,22,23);1H. The first kappa shape index (κ1) is 19.8. The Morgan fingerprint density at radius 3 is 2.71 bits per heavy atom. The van der Waals surface area contributed by atoms with E-state index in [0.717, 1.165) is 21.8 Å². The Morgan fingerprint density at radius 2 is 2.04 bits per heavy atom. The molecule has 0 atom stereocenters. The van der Waals surface area contributed by atoms with Gasteiger partial charge in [0, 0.05) is 7.05 Å². The summed E-state index contributed by atoms with van der Waals surface area (Å²) in [7, 11) is 3.08. The van der Waals surface area contributed by atoms with Gasteiger partial charge >= 0.3 is 0 Å². The van der Waals surface area contributed by atoms with E-state index >= 15 is 0 Å². The predicted octanol–water partition coefficient (Wildman–Crippen LogP) is 3.73. The van der Waals surface area contributed by atoms with E-state index in [9.17, 15) is 13.6 Å². The maximum Gasteiger partial charge on any atom is 0.251 e. The molecule has 0 bridgehead atoms. The smallest absolute Gasteiger partial charge is 0.251 e. The van der Waals surface area contributed by atoms with Crippen LogP contribution in [0.3, 0.4) is 0 Å². The lowest BCUT2D eigenvalue weighted by atomic mass is 10.1. The van der Waals surface area contributed by atoms with Gasteiger partial charge in [-0.25, -0.2) is 14.4 Å². The van der Waals surface area contributed by atoms with Crippen LogP contribution in [0.25, 0.3) is 21.3 Å². The van der Waals surface area contributed by atoms with Gasteiger partial charge in [0.2, 0.25) is 5.82 Å². The fourth-order valence-corrected chi connectivity index (χ4v) is 3.72. The SMILES string of the molecule is COc1c(Nc2nc3c(ccc4c3ncn4C)s2)cc(C(N)=O)c(F)c1F.Cl. The first-order valence-electron chi connectivity index (χ1n) is 7.74. The summed E-state index contributed by atoms with van der Waals surface area (Å²) in [6.07, 6.45) is 1.69. The number of aryl methyl sites for hydroxylation is 1. The Hall–Kier alpha value is -2.98. The van der Waals surface area contributed by atoms with Gasteiger partial charge in [0.15, 0.2) is 16.7 Å². The first-order chi connectivity index (χ1) is 12.9. The molecular formula is C17H14ClF2N5O2S. The highest BCUT2D eigenvalue weighted by atomic mass is 35.5. The Kier molecular flexibility index (Phi) is 5.09. The molecule has 3 N–H and O–H groups in total. The average molecular weight is 426 g/mol. The van der Waals surface area contributed by atoms with Crippen molar-refractivity contribution in [2.75, 3.05) is 12.4 Å². The van der Waals surface area contributed by atoms with Gasteiger partial charge in [0.05, 0.1) is 34.9 Å². The van der Waals surface area contributed by atoms with Crippen molar-refractivity contribution >= 4 is 61.7 Å². The number of nitrogens with two attached hydrogens (primary N) is 1. The minimum absolute atomic E-state index is 0. The van der Waals surface area contributed by atoms with E-state index in [-0.39, 0.29) is 23.8 Å². The van der Waals surface area contributed by atoms with E-state index < -0.39 is 23.1 Å². The van der Waals surface area contributed by atoms with Crippen molar-refractivity contribution in [3.8, 4) is 5.75 Å². The monoisotopic (exact) mass is 425 g/mol. The number of carbonyl (C=O) groups excluding carboxylic acids is 1. The van der Waals surface area contributed by atoms with Gasteiger partial charge in [0.25, 0.3) is 5.91 Å². The van der Waals surface area contributed by atoms with Crippen LogP contribution in [0.15, 0.2) is 24.5 Å². The van der Waals surface area contributed by atoms with Crippen molar-refractivity contribution in [3.05, 3.63) is 41.7 Å². The maximum atomic E-state index is 14.2. The summed E-state index contributed by atoms with van der Waals surface area (Å²) in [6.45, 7) is 0. The molecule has 0 radical (unpaired) electrons. The predicted molar refractivity (Wildman–Crippen MR) is 106 cm³/mol. The van der Waals surface area contributed by atoms with Gasteiger partial charge in [-0.05, 0) is 18.2 Å². The Morgan fingerprint density at radius 1 is 1.29 bits per heavy atom. The molecule has 11 heteroatoms. The van der Waals surface area contributed by atoms with Gasteiger partial charge in [-0.2, -0.15) is 4.39 Å². The van der Waals surface area contributed by atoms with E-state index in [1.54, 1.807) is 6.33 Å². The summed E-state index contributed by atoms with van der Waals surface area (Å²) < 4.78 is 35.9. The van der Waals surface area contributed by atoms with E-state index in [0.29, 0.717) is 10.6 Å². The molecule has 4 rings (SSSR count). The molecule has 0 aliphatic heterocycles. The number of ether oxygens (including phenoxy) is 1. The largest absolute Gasteiger partial charge is 0.491 e. The number of thiazole rings is 1. The highest BCUT2D eigenvalue weighted by molar-refractivity contribution is 7.22. The maximum absolute atomic E-state index is 14.2. The van der Waals surface area contributed by atoms with Crippen LogP contribution in [-0.2, 0) is 7.05 Å². The zero-order valence-corrected chi connectivity index (χ0v) is 16.3. The third-order valence-corrected chi connectivity index (χ3v) is 5.06. The molecule has 0 spiro atoms. The van der Waals surface area contributed by atoms with Gasteiger partial charge in [-0.15, -0.1) is 12.4 Å². The highest BCUT2D eigenvalue weighted by Gasteiger charge is 2.23. The number of nitrogens with zero attached hydrogens (tertiary/aromatic N) is 3. The second kappa shape index (κ2) is 7.21. The number of fused-ring (bicyclic) bond motifs is 3. The normalized spacial score (nSPS) is 10.9. The summed E-state index contributed by atoms with van der Waals surface area (Å²) in [5, 5.41) is 3.29. The topological polar surface area (TPSA) is 95.1 Å². The number of hydrogen-bond acceptors (Lipinski definition) is 6. The number of methoxy groups -OCH3 is 1. The average Bonchev–Trinajstić information content (AvgIpc) is 3.21. The molecular weight excluding hydrogens is 412 g/mol. The van der Waals surface area contributed by atoms with Crippen LogP contribution < -0.4 is 15.8 Å². The summed E-state index contributed by atoms with van der Waals surface area (Å²) in [5.74, 6) is -4.12. The van der Waals surface area contributed by atoms with Gasteiger partial charge in [-0.1, -0.05) is 11.3 Å². The van der Waals surface area contributed by atoms with Crippen molar-refractivity contribution in [2.24, 2.45) is 12.8 Å². The Labute approximate surface area is 167 Å². The van der Waals surface area contributed by atoms with Crippen LogP contribution >= 0.6 is 23.7 Å². The van der Waals surface area contributed by atoms with Gasteiger partial charge in [-0.3, -0.25) is 4.79 Å². The van der Waals surface area contributed by atoms with Crippen molar-refractivity contribution in [2.45, 2.75) is 0 Å². The number of hydrogen-bond donors (Lipinski definition) is 2. The minimum Gasteiger partial charge on any atom is -0.491 e. The fraction of sp³-hybridized carbons (Fsp3) is 0.118. The molecule has 0 aliphatic carbocycles. The number of rotatable bonds is 4. The van der Waals surface area contributed by atoms with Crippen LogP contribution in [0.5, 0.6) is 5.75 Å². The first-order valence-corrected chi connectivity index (χ1v) is 8.55. The summed E-state index contributed by atoms with van der Waals surface area (Å²) in [5.41, 5.74) is 6.92. The Bertz CT molecular complexity index is 1220. The molecule has 146 valence electrons. The van der Waals surface area contributed by atoms with Crippen molar-refractivity contribution in [1.29, 1.82) is 0 Å². The molecule has 4 aromatic rings. The third-order valence-electron chi connectivity index (χ3n) is 4.13. The highest BCUT2D eigenvalue weighted by Crippen LogP contribution is 2.37. The summed E-state index contributed by atoms with van der Waals surface area (Å²) in [4.78, 5) is 20.2. The molecule has 0 unspecified atom stereocenters. The lowest BCUT2D eigenvalue weighted by Gasteiger charge is -2.12. The summed E-state index contributed by atoms with van der Waals surface area (Å²) in [6, 6.07) is 4.93. The number of halogens is 3. The molecule has 2 heterocycles. The molecule has 0 fully saturated rings. The van der Waals surface area contributed by atoms with Crippen LogP contribution in [0.4, 0.5) is 19.6 Å². The Balaban J connectivity index is 0.00000225. The molecule has 0 saturated carbocycles. The van der Waals surface area contributed by atoms with Crippen molar-refractivity contribution in [1.82, 2.24) is 14.5 Å². The number of imidazole rings is 1.